The van der Waals surface area contributed by atoms with E-state index >= 15 is 0 Å². The van der Waals surface area contributed by atoms with Gasteiger partial charge in [0, 0.05) is 21.2 Å². The van der Waals surface area contributed by atoms with Crippen molar-refractivity contribution in [1.29, 1.82) is 0 Å². The molecule has 0 amide bonds. The van der Waals surface area contributed by atoms with Crippen LogP contribution in [0.1, 0.15) is 22.8 Å². The second-order valence-corrected chi connectivity index (χ2v) is 5.08. The first kappa shape index (κ1) is 14.2. The van der Waals surface area contributed by atoms with Gasteiger partial charge in [0.15, 0.2) is 0 Å². The van der Waals surface area contributed by atoms with Crippen molar-refractivity contribution in [3.8, 4) is 5.75 Å². The molecule has 0 heterocycles. The van der Waals surface area contributed by atoms with Gasteiger partial charge in [0.05, 0.1) is 7.11 Å². The van der Waals surface area contributed by atoms with Crippen molar-refractivity contribution < 1.29 is 9.84 Å². The SMILES string of the molecule is COc1ccc(Cl)cc1C(O)c1cccc(C)c1Cl. The van der Waals surface area contributed by atoms with Gasteiger partial charge in [0.2, 0.25) is 0 Å². The number of hydrogen-bond donors (Lipinski definition) is 1. The Bertz CT molecular complexity index is 597. The summed E-state index contributed by atoms with van der Waals surface area (Å²) in [6, 6.07) is 10.7. The molecule has 1 N–H and O–H groups in total. The van der Waals surface area contributed by atoms with E-state index in [9.17, 15) is 5.11 Å². The summed E-state index contributed by atoms with van der Waals surface area (Å²) in [5, 5.41) is 11.6. The highest BCUT2D eigenvalue weighted by atomic mass is 35.5. The van der Waals surface area contributed by atoms with E-state index in [1.54, 1.807) is 31.4 Å². The molecule has 0 spiro atoms. The van der Waals surface area contributed by atoms with Crippen LogP contribution in [0.4, 0.5) is 0 Å². The lowest BCUT2D eigenvalue weighted by atomic mass is 9.99. The number of hydrogen-bond acceptors (Lipinski definition) is 2. The number of benzene rings is 2. The van der Waals surface area contributed by atoms with Crippen LogP contribution in [-0.4, -0.2) is 12.2 Å². The number of methoxy groups -OCH3 is 1. The maximum absolute atomic E-state index is 10.5. The summed E-state index contributed by atoms with van der Waals surface area (Å²) in [6.45, 7) is 1.90. The van der Waals surface area contributed by atoms with Crippen molar-refractivity contribution in [3.05, 3.63) is 63.1 Å². The summed E-state index contributed by atoms with van der Waals surface area (Å²) >= 11 is 12.2. The maximum Gasteiger partial charge on any atom is 0.125 e. The topological polar surface area (TPSA) is 29.5 Å². The minimum Gasteiger partial charge on any atom is -0.496 e. The van der Waals surface area contributed by atoms with Crippen molar-refractivity contribution >= 4 is 23.2 Å². The van der Waals surface area contributed by atoms with E-state index in [-0.39, 0.29) is 0 Å². The largest absolute Gasteiger partial charge is 0.496 e. The van der Waals surface area contributed by atoms with Gasteiger partial charge in [-0.25, -0.2) is 0 Å². The minimum absolute atomic E-state index is 0.540. The first-order chi connectivity index (χ1) is 9.04. The van der Waals surface area contributed by atoms with Crippen LogP contribution in [0.15, 0.2) is 36.4 Å². The summed E-state index contributed by atoms with van der Waals surface area (Å²) in [5.41, 5.74) is 2.16. The number of halogens is 2. The third-order valence-corrected chi connectivity index (χ3v) is 3.75. The highest BCUT2D eigenvalue weighted by Crippen LogP contribution is 2.35. The fourth-order valence-corrected chi connectivity index (χ4v) is 2.38. The molecule has 1 unspecified atom stereocenters. The van der Waals surface area contributed by atoms with Crippen molar-refractivity contribution in [3.63, 3.8) is 0 Å². The smallest absolute Gasteiger partial charge is 0.125 e. The van der Waals surface area contributed by atoms with Gasteiger partial charge in [0.25, 0.3) is 0 Å². The molecule has 0 aliphatic carbocycles. The molecule has 0 saturated carbocycles. The molecule has 0 aliphatic rings. The molecule has 0 fully saturated rings. The van der Waals surface area contributed by atoms with Gasteiger partial charge in [0.1, 0.15) is 11.9 Å². The number of aryl methyl sites for hydroxylation is 1. The lowest BCUT2D eigenvalue weighted by Crippen LogP contribution is -2.03. The van der Waals surface area contributed by atoms with Crippen molar-refractivity contribution in [1.82, 2.24) is 0 Å². The Kier molecular flexibility index (Phi) is 4.35. The average molecular weight is 297 g/mol. The predicted octanol–water partition coefficient (Wildman–Crippen LogP) is 4.39. The van der Waals surface area contributed by atoms with Crippen LogP contribution in [0.3, 0.4) is 0 Å². The molecule has 2 nitrogen and oxygen atoms in total. The van der Waals surface area contributed by atoms with Crippen molar-refractivity contribution in [2.24, 2.45) is 0 Å². The second-order valence-electron chi connectivity index (χ2n) is 4.27. The lowest BCUT2D eigenvalue weighted by molar-refractivity contribution is 0.215. The normalized spacial score (nSPS) is 12.3. The number of rotatable bonds is 3. The Morgan fingerprint density at radius 2 is 1.84 bits per heavy atom. The third kappa shape index (κ3) is 2.86. The monoisotopic (exact) mass is 296 g/mol. The number of aliphatic hydroxyl groups is 1. The molecule has 100 valence electrons. The second kappa shape index (κ2) is 5.83. The zero-order valence-corrected chi connectivity index (χ0v) is 12.2. The summed E-state index contributed by atoms with van der Waals surface area (Å²) in [6.07, 6.45) is -0.874. The Labute approximate surface area is 122 Å². The lowest BCUT2D eigenvalue weighted by Gasteiger charge is -2.17. The molecule has 2 aromatic rings. The highest BCUT2D eigenvalue weighted by molar-refractivity contribution is 6.32. The van der Waals surface area contributed by atoms with Gasteiger partial charge < -0.3 is 9.84 Å². The summed E-state index contributed by atoms with van der Waals surface area (Å²) in [4.78, 5) is 0. The van der Waals surface area contributed by atoms with Gasteiger partial charge in [-0.3, -0.25) is 0 Å². The number of aliphatic hydroxyl groups excluding tert-OH is 1. The van der Waals surface area contributed by atoms with Gasteiger partial charge in [-0.15, -0.1) is 0 Å². The quantitative estimate of drug-likeness (QED) is 0.910. The summed E-state index contributed by atoms with van der Waals surface area (Å²) in [7, 11) is 1.55. The molecule has 0 aromatic heterocycles. The van der Waals surface area contributed by atoms with E-state index in [1.165, 1.54) is 0 Å². The highest BCUT2D eigenvalue weighted by Gasteiger charge is 2.19. The molecule has 2 rings (SSSR count). The fraction of sp³-hybridized carbons (Fsp3) is 0.200. The molecular weight excluding hydrogens is 283 g/mol. The third-order valence-electron chi connectivity index (χ3n) is 3.00. The molecule has 19 heavy (non-hydrogen) atoms. The zero-order valence-electron chi connectivity index (χ0n) is 10.7. The molecule has 0 saturated heterocycles. The van der Waals surface area contributed by atoms with E-state index in [4.69, 9.17) is 27.9 Å². The molecular formula is C15H14Cl2O2. The van der Waals surface area contributed by atoms with Gasteiger partial charge in [-0.2, -0.15) is 0 Å². The molecule has 4 heteroatoms. The Morgan fingerprint density at radius 1 is 1.11 bits per heavy atom. The maximum atomic E-state index is 10.5. The van der Waals surface area contributed by atoms with Crippen LogP contribution in [0, 0.1) is 6.92 Å². The summed E-state index contributed by atoms with van der Waals surface area (Å²) < 4.78 is 5.25. The predicted molar refractivity (Wildman–Crippen MR) is 78.3 cm³/mol. The van der Waals surface area contributed by atoms with E-state index < -0.39 is 6.10 Å². The Morgan fingerprint density at radius 3 is 2.53 bits per heavy atom. The zero-order chi connectivity index (χ0) is 14.0. The number of ether oxygens (including phenoxy) is 1. The first-order valence-corrected chi connectivity index (χ1v) is 6.56. The van der Waals surface area contributed by atoms with Crippen LogP contribution in [0.5, 0.6) is 5.75 Å². The van der Waals surface area contributed by atoms with Gasteiger partial charge >= 0.3 is 0 Å². The standard InChI is InChI=1S/C15H14Cl2O2/c1-9-4-3-5-11(14(9)17)15(18)12-8-10(16)6-7-13(12)19-2/h3-8,15,18H,1-2H3. The summed E-state index contributed by atoms with van der Waals surface area (Å²) in [5.74, 6) is 0.578. The van der Waals surface area contributed by atoms with Crippen molar-refractivity contribution in [2.45, 2.75) is 13.0 Å². The Balaban J connectivity index is 2.52. The van der Waals surface area contributed by atoms with E-state index in [0.29, 0.717) is 26.9 Å². The van der Waals surface area contributed by atoms with Gasteiger partial charge in [-0.1, -0.05) is 41.4 Å². The van der Waals surface area contributed by atoms with E-state index in [1.807, 2.05) is 19.1 Å². The molecule has 0 radical (unpaired) electrons. The average Bonchev–Trinajstić information content (AvgIpc) is 2.41. The van der Waals surface area contributed by atoms with Crippen molar-refractivity contribution in [2.75, 3.05) is 7.11 Å². The van der Waals surface area contributed by atoms with Gasteiger partial charge in [-0.05, 0) is 30.7 Å². The first-order valence-electron chi connectivity index (χ1n) is 5.81. The fourth-order valence-electron chi connectivity index (χ4n) is 1.97. The van der Waals surface area contributed by atoms with Crippen LogP contribution in [-0.2, 0) is 0 Å². The van der Waals surface area contributed by atoms with Crippen LogP contribution in [0.25, 0.3) is 0 Å². The van der Waals surface area contributed by atoms with Crippen LogP contribution < -0.4 is 4.74 Å². The van der Waals surface area contributed by atoms with E-state index in [2.05, 4.69) is 0 Å². The molecule has 2 aromatic carbocycles. The van der Waals surface area contributed by atoms with Crippen LogP contribution in [0.2, 0.25) is 10.0 Å². The van der Waals surface area contributed by atoms with E-state index in [0.717, 1.165) is 5.56 Å². The van der Waals surface area contributed by atoms with Crippen LogP contribution >= 0.6 is 23.2 Å². The Hall–Kier alpha value is -1.22. The molecule has 1 atom stereocenters. The minimum atomic E-state index is -0.874. The molecule has 0 aliphatic heterocycles. The molecule has 0 bridgehead atoms.